The van der Waals surface area contributed by atoms with Crippen molar-refractivity contribution in [3.63, 3.8) is 0 Å². The van der Waals surface area contributed by atoms with Gasteiger partial charge in [-0.3, -0.25) is 4.79 Å². The Labute approximate surface area is 112 Å². The van der Waals surface area contributed by atoms with Crippen molar-refractivity contribution >= 4 is 21.7 Å². The molecule has 2 heteroatoms. The molecule has 0 spiro atoms. The number of hydrogen-bond acceptors (Lipinski definition) is 1. The smallest absolute Gasteiger partial charge is 0.135 e. The molecular weight excluding hydrogens is 276 g/mol. The van der Waals surface area contributed by atoms with E-state index in [1.165, 1.54) is 12.0 Å². The molecule has 1 fully saturated rings. The summed E-state index contributed by atoms with van der Waals surface area (Å²) in [4.78, 5) is 12.1. The summed E-state index contributed by atoms with van der Waals surface area (Å²) < 4.78 is 0. The number of rotatable bonds is 4. The van der Waals surface area contributed by atoms with Crippen LogP contribution in [0.25, 0.3) is 0 Å². The zero-order chi connectivity index (χ0) is 12.1. The summed E-state index contributed by atoms with van der Waals surface area (Å²) in [5, 5.41) is 0. The first kappa shape index (κ1) is 12.8. The Morgan fingerprint density at radius 2 is 2.00 bits per heavy atom. The number of carbonyl (C=O) groups excluding carboxylic acids is 1. The van der Waals surface area contributed by atoms with Gasteiger partial charge >= 0.3 is 0 Å². The Morgan fingerprint density at radius 3 is 2.71 bits per heavy atom. The van der Waals surface area contributed by atoms with Gasteiger partial charge in [0.25, 0.3) is 0 Å². The number of alkyl halides is 1. The summed E-state index contributed by atoms with van der Waals surface area (Å²) in [6.07, 6.45) is 6.33. The molecule has 0 heterocycles. The predicted molar refractivity (Wildman–Crippen MR) is 74.3 cm³/mol. The van der Waals surface area contributed by atoms with Gasteiger partial charge in [0.1, 0.15) is 5.78 Å². The van der Waals surface area contributed by atoms with E-state index < -0.39 is 0 Å². The monoisotopic (exact) mass is 294 g/mol. The van der Waals surface area contributed by atoms with Gasteiger partial charge in [0.15, 0.2) is 0 Å². The van der Waals surface area contributed by atoms with Gasteiger partial charge in [-0.2, -0.15) is 0 Å². The first-order valence-corrected chi connectivity index (χ1v) is 7.40. The average Bonchev–Trinajstić information content (AvgIpc) is 2.38. The Hall–Kier alpha value is -0.630. The predicted octanol–water partition coefficient (Wildman–Crippen LogP) is 4.66. The molecule has 0 bridgehead atoms. The summed E-state index contributed by atoms with van der Waals surface area (Å²) in [5.74, 6) is 0.816. The van der Waals surface area contributed by atoms with Crippen molar-refractivity contribution in [3.8, 4) is 0 Å². The average molecular weight is 295 g/mol. The second-order valence-electron chi connectivity index (χ2n) is 4.86. The highest BCUT2D eigenvalue weighted by Crippen LogP contribution is 2.32. The highest BCUT2D eigenvalue weighted by Gasteiger charge is 2.22. The summed E-state index contributed by atoms with van der Waals surface area (Å²) in [6.45, 7) is 0. The Bertz CT molecular complexity index is 360. The van der Waals surface area contributed by atoms with Gasteiger partial charge in [0.2, 0.25) is 0 Å². The van der Waals surface area contributed by atoms with Crippen LogP contribution < -0.4 is 0 Å². The van der Waals surface area contributed by atoms with Gasteiger partial charge in [0.05, 0.1) is 0 Å². The maximum Gasteiger partial charge on any atom is 0.135 e. The molecule has 0 saturated heterocycles. The molecule has 92 valence electrons. The Balaban J connectivity index is 1.83. The van der Waals surface area contributed by atoms with Gasteiger partial charge in [-0.15, -0.1) is 0 Å². The van der Waals surface area contributed by atoms with Crippen molar-refractivity contribution in [1.29, 1.82) is 0 Å². The lowest BCUT2D eigenvalue weighted by atomic mass is 9.84. The van der Waals surface area contributed by atoms with Crippen LogP contribution in [0.5, 0.6) is 0 Å². The van der Waals surface area contributed by atoms with E-state index in [-0.39, 0.29) is 0 Å². The molecule has 2 rings (SSSR count). The van der Waals surface area contributed by atoms with E-state index in [1.54, 1.807) is 0 Å². The molecule has 0 N–H and O–H groups in total. The topological polar surface area (TPSA) is 17.1 Å². The third-order valence-corrected chi connectivity index (χ3v) is 4.60. The fraction of sp³-hybridized carbons (Fsp3) is 0.533. The maximum absolute atomic E-state index is 11.7. The molecule has 1 aliphatic rings. The Kier molecular flexibility index (Phi) is 4.78. The molecule has 0 radical (unpaired) electrons. The molecule has 2 atom stereocenters. The molecule has 1 nitrogen and oxygen atoms in total. The molecule has 0 aliphatic heterocycles. The van der Waals surface area contributed by atoms with Crippen LogP contribution in [0.4, 0.5) is 0 Å². The molecule has 17 heavy (non-hydrogen) atoms. The first-order chi connectivity index (χ1) is 8.27. The highest BCUT2D eigenvalue weighted by atomic mass is 79.9. The highest BCUT2D eigenvalue weighted by molar-refractivity contribution is 9.09. The van der Waals surface area contributed by atoms with Crippen LogP contribution >= 0.6 is 15.9 Å². The van der Waals surface area contributed by atoms with E-state index >= 15 is 0 Å². The summed E-state index contributed by atoms with van der Waals surface area (Å²) in [6, 6.07) is 10.4. The second kappa shape index (κ2) is 6.34. The zero-order valence-electron chi connectivity index (χ0n) is 10.1. The zero-order valence-corrected chi connectivity index (χ0v) is 11.7. The van der Waals surface area contributed by atoms with Crippen molar-refractivity contribution < 1.29 is 4.79 Å². The van der Waals surface area contributed by atoms with E-state index in [9.17, 15) is 4.79 Å². The number of carbonyl (C=O) groups is 1. The van der Waals surface area contributed by atoms with Crippen molar-refractivity contribution in [2.24, 2.45) is 5.92 Å². The molecule has 0 aromatic heterocycles. The number of benzene rings is 1. The van der Waals surface area contributed by atoms with E-state index in [0.29, 0.717) is 16.5 Å². The lowest BCUT2D eigenvalue weighted by molar-refractivity contribution is -0.124. The molecule has 1 saturated carbocycles. The molecule has 0 amide bonds. The van der Waals surface area contributed by atoms with Crippen LogP contribution in [-0.2, 0) is 4.79 Å². The van der Waals surface area contributed by atoms with Crippen molar-refractivity contribution in [3.05, 3.63) is 35.9 Å². The van der Waals surface area contributed by atoms with Crippen LogP contribution in [0.15, 0.2) is 30.3 Å². The third kappa shape index (κ3) is 3.67. The van der Waals surface area contributed by atoms with Crippen molar-refractivity contribution in [2.75, 3.05) is 0 Å². The van der Waals surface area contributed by atoms with Crippen LogP contribution in [0.1, 0.15) is 48.9 Å². The van der Waals surface area contributed by atoms with Gasteiger partial charge in [-0.1, -0.05) is 52.7 Å². The summed E-state index contributed by atoms with van der Waals surface area (Å²) in [7, 11) is 0. The van der Waals surface area contributed by atoms with E-state index in [2.05, 4.69) is 40.2 Å². The number of Topliss-reactive ketones (excluding diaryl/α,β-unsaturated/α-hetero) is 1. The van der Waals surface area contributed by atoms with E-state index in [0.717, 1.165) is 32.1 Å². The van der Waals surface area contributed by atoms with E-state index in [1.807, 2.05) is 6.07 Å². The van der Waals surface area contributed by atoms with Crippen LogP contribution in [0.2, 0.25) is 0 Å². The molecule has 1 aromatic rings. The minimum Gasteiger partial charge on any atom is -0.299 e. The van der Waals surface area contributed by atoms with Gasteiger partial charge in [-0.05, 0) is 31.2 Å². The number of halogens is 1. The molecular formula is C15H19BrO. The minimum atomic E-state index is 0.326. The SMILES string of the molecule is O=C1CCCCC1CCC(Br)c1ccccc1. The number of ketones is 1. The van der Waals surface area contributed by atoms with Crippen molar-refractivity contribution in [2.45, 2.75) is 43.4 Å². The number of hydrogen-bond donors (Lipinski definition) is 0. The molecule has 1 aromatic carbocycles. The lowest BCUT2D eigenvalue weighted by Gasteiger charge is -2.21. The van der Waals surface area contributed by atoms with Crippen LogP contribution in [0.3, 0.4) is 0 Å². The molecule has 2 unspecified atom stereocenters. The van der Waals surface area contributed by atoms with Crippen molar-refractivity contribution in [1.82, 2.24) is 0 Å². The summed E-state index contributed by atoms with van der Waals surface area (Å²) in [5.41, 5.74) is 1.32. The first-order valence-electron chi connectivity index (χ1n) is 6.49. The minimum absolute atomic E-state index is 0.326. The normalized spacial score (nSPS) is 22.4. The summed E-state index contributed by atoms with van der Waals surface area (Å²) >= 11 is 3.72. The van der Waals surface area contributed by atoms with Crippen LogP contribution in [-0.4, -0.2) is 5.78 Å². The van der Waals surface area contributed by atoms with E-state index in [4.69, 9.17) is 0 Å². The van der Waals surface area contributed by atoms with Gasteiger partial charge in [0, 0.05) is 17.2 Å². The standard InChI is InChI=1S/C15H19BrO/c16-14(12-6-2-1-3-7-12)11-10-13-8-4-5-9-15(13)17/h1-3,6-7,13-14H,4-5,8-11H2. The fourth-order valence-electron chi connectivity index (χ4n) is 2.54. The lowest BCUT2D eigenvalue weighted by Crippen LogP contribution is -2.19. The third-order valence-electron chi connectivity index (χ3n) is 3.61. The Morgan fingerprint density at radius 1 is 1.24 bits per heavy atom. The van der Waals surface area contributed by atoms with Gasteiger partial charge in [-0.25, -0.2) is 0 Å². The molecule has 1 aliphatic carbocycles. The second-order valence-corrected chi connectivity index (χ2v) is 5.97. The fourth-order valence-corrected chi connectivity index (χ4v) is 3.11. The maximum atomic E-state index is 11.7. The largest absolute Gasteiger partial charge is 0.299 e. The van der Waals surface area contributed by atoms with Gasteiger partial charge < -0.3 is 0 Å². The van der Waals surface area contributed by atoms with Crippen LogP contribution in [0, 0.1) is 5.92 Å². The quantitative estimate of drug-likeness (QED) is 0.738.